The van der Waals surface area contributed by atoms with Crippen molar-refractivity contribution in [1.82, 2.24) is 0 Å². The van der Waals surface area contributed by atoms with Crippen molar-refractivity contribution in [2.45, 2.75) is 25.7 Å². The molecule has 1 aromatic carbocycles. The number of nitrogens with zero attached hydrogens (tertiary/aromatic N) is 2. The van der Waals surface area contributed by atoms with Crippen LogP contribution in [0.4, 0.5) is 10.0 Å². The number of anilines is 2. The van der Waals surface area contributed by atoms with Gasteiger partial charge >= 0.3 is 114 Å². The van der Waals surface area contributed by atoms with Gasteiger partial charge < -0.3 is 34.7 Å². The molecule has 9 nitrogen and oxygen atoms in total. The first kappa shape index (κ1) is 32.5. The van der Waals surface area contributed by atoms with E-state index >= 15 is 0 Å². The predicted octanol–water partition coefficient (Wildman–Crippen LogP) is -5.97. The zero-order valence-corrected chi connectivity index (χ0v) is 29.1. The summed E-state index contributed by atoms with van der Waals surface area (Å²) >= 11 is 2.49. The Morgan fingerprint density at radius 3 is 1.76 bits per heavy atom. The Hall–Kier alpha value is -0.0373. The maximum atomic E-state index is 13.3. The van der Waals surface area contributed by atoms with Crippen LogP contribution in [0.25, 0.3) is 20.9 Å². The Morgan fingerprint density at radius 1 is 0.789 bits per heavy atom. The number of carboxylic acid groups (broad SMARTS) is 2. The van der Waals surface area contributed by atoms with Crippen LogP contribution in [0.1, 0.15) is 25.7 Å². The summed E-state index contributed by atoms with van der Waals surface area (Å²) in [7, 11) is 0. The summed E-state index contributed by atoms with van der Waals surface area (Å²) in [6.07, 6.45) is 1.86. The number of carboxylic acids is 2. The Balaban J connectivity index is 0.00000200. The smallest absolute Gasteiger partial charge is 0.856 e. The zero-order valence-electron chi connectivity index (χ0n) is 21.2. The normalized spacial score (nSPS) is 16.6. The Morgan fingerprint density at radius 2 is 1.26 bits per heavy atom. The third kappa shape index (κ3) is 6.54. The molecular weight excluding hydrogens is 583 g/mol. The summed E-state index contributed by atoms with van der Waals surface area (Å²) < 4.78 is 0. The minimum Gasteiger partial charge on any atom is -0.856 e. The molecule has 13 heteroatoms. The number of thiophene rings is 2. The number of hydrogen-bond donors (Lipinski definition) is 0. The summed E-state index contributed by atoms with van der Waals surface area (Å²) in [5.41, 5.74) is -1.88. The van der Waals surface area contributed by atoms with Crippen LogP contribution in [0.15, 0.2) is 33.9 Å². The van der Waals surface area contributed by atoms with Gasteiger partial charge in [0.15, 0.2) is 0 Å². The van der Waals surface area contributed by atoms with Crippen molar-refractivity contribution in [2.24, 2.45) is 11.8 Å². The molecule has 0 unspecified atom stereocenters. The maximum Gasteiger partial charge on any atom is 1.00 e. The molecule has 0 bridgehead atoms. The van der Waals surface area contributed by atoms with Gasteiger partial charge in [-0.15, -0.1) is 11.3 Å². The summed E-state index contributed by atoms with van der Waals surface area (Å²) in [5.74, 6) is -3.62. The molecule has 188 valence electrons. The predicted molar refractivity (Wildman–Crippen MR) is 132 cm³/mol. The monoisotopic (exact) mass is 604 g/mol. The maximum absolute atomic E-state index is 13.3. The van der Waals surface area contributed by atoms with E-state index < -0.39 is 40.4 Å². The number of rotatable bonds is 6. The fourth-order valence-corrected chi connectivity index (χ4v) is 7.13. The summed E-state index contributed by atoms with van der Waals surface area (Å²) in [4.78, 5) is 52.7. The summed E-state index contributed by atoms with van der Waals surface area (Å²) in [6, 6.07) is 6.89. The van der Waals surface area contributed by atoms with Crippen molar-refractivity contribution in [3.8, 4) is 26.6 Å². The second-order valence-electron chi connectivity index (χ2n) is 9.17. The van der Waals surface area contributed by atoms with E-state index in [0.29, 0.717) is 61.6 Å². The molecule has 2 aliphatic heterocycles. The molecular formula is C25H22K2N2O7S2. The molecule has 0 radical (unpaired) electrons. The molecule has 0 spiro atoms. The van der Waals surface area contributed by atoms with Gasteiger partial charge in [0.2, 0.25) is 0 Å². The third-order valence-corrected chi connectivity index (χ3v) is 9.40. The van der Waals surface area contributed by atoms with Gasteiger partial charge in [0.1, 0.15) is 21.0 Å². The Kier molecular flexibility index (Phi) is 11.8. The summed E-state index contributed by atoms with van der Waals surface area (Å²) in [5, 5.41) is 37.1. The molecule has 2 fully saturated rings. The van der Waals surface area contributed by atoms with Crippen molar-refractivity contribution < 1.29 is 128 Å². The van der Waals surface area contributed by atoms with Gasteiger partial charge in [-0.25, -0.2) is 4.79 Å². The molecule has 0 N–H and O–H groups in total. The van der Waals surface area contributed by atoms with Crippen LogP contribution in [0, 0.1) is 11.8 Å². The molecule has 0 amide bonds. The fraction of sp³-hybridized carbons (Fsp3) is 0.400. The number of carbonyl (C=O) groups is 2. The van der Waals surface area contributed by atoms with E-state index in [9.17, 15) is 34.5 Å². The first-order valence-electron chi connectivity index (χ1n) is 11.7. The largest absolute Gasteiger partial charge is 1.00 e. The van der Waals surface area contributed by atoms with Crippen molar-refractivity contribution in [2.75, 3.05) is 36.0 Å². The van der Waals surface area contributed by atoms with Gasteiger partial charge in [-0.1, -0.05) is 11.3 Å². The zero-order chi connectivity index (χ0) is 25.6. The van der Waals surface area contributed by atoms with Gasteiger partial charge in [-0.3, -0.25) is 4.79 Å². The van der Waals surface area contributed by atoms with Crippen molar-refractivity contribution in [3.63, 3.8) is 0 Å². The van der Waals surface area contributed by atoms with Gasteiger partial charge in [-0.2, -0.15) is 0 Å². The minimum absolute atomic E-state index is 0. The standard InChI is InChI=1S/C25H24N2O7S2.2K/c28-21-19(15-1-3-17(35-15)26-9-5-13(6-10-26)24(31)32)22(29)23(30)20(21)16-2-4-18(36-16)27-11-7-14(8-12-27)25(33)34;;/h1-4,13-14H,5-12H2,(H2-,28,29,31,32,33,34);;/q;2*+1/p-2. The molecule has 2 saturated heterocycles. The van der Waals surface area contributed by atoms with Crippen LogP contribution in [-0.2, 0) is 9.59 Å². The Labute approximate surface area is 312 Å². The number of piperidine rings is 2. The molecule has 38 heavy (non-hydrogen) atoms. The average molecular weight is 605 g/mol. The van der Waals surface area contributed by atoms with Gasteiger partial charge in [0, 0.05) is 67.8 Å². The van der Waals surface area contributed by atoms with Crippen LogP contribution >= 0.6 is 22.7 Å². The molecule has 0 atom stereocenters. The van der Waals surface area contributed by atoms with E-state index in [-0.39, 0.29) is 114 Å². The molecule has 5 rings (SSSR count). The number of hydrogen-bond acceptors (Lipinski definition) is 11. The van der Waals surface area contributed by atoms with E-state index in [0.717, 1.165) is 10.0 Å². The van der Waals surface area contributed by atoms with E-state index in [1.807, 2.05) is 9.80 Å². The van der Waals surface area contributed by atoms with Crippen LogP contribution < -0.4 is 139 Å². The number of aliphatic carboxylic acids is 2. The first-order chi connectivity index (χ1) is 17.2. The fourth-order valence-electron chi connectivity index (χ4n) is 4.94. The average Bonchev–Trinajstić information content (AvgIpc) is 3.59. The van der Waals surface area contributed by atoms with Crippen LogP contribution in [0.5, 0.6) is 5.75 Å². The van der Waals surface area contributed by atoms with Gasteiger partial charge in [0.05, 0.1) is 9.88 Å². The van der Waals surface area contributed by atoms with E-state index in [4.69, 9.17) is 0 Å². The third-order valence-electron chi connectivity index (χ3n) is 7.07. The van der Waals surface area contributed by atoms with Crippen LogP contribution in [0.3, 0.4) is 0 Å². The molecule has 2 aromatic heterocycles. The molecule has 0 aliphatic carbocycles. The van der Waals surface area contributed by atoms with Crippen LogP contribution in [-0.4, -0.2) is 38.1 Å². The molecule has 2 aliphatic rings. The quantitative estimate of drug-likeness (QED) is 0.153. The molecule has 4 heterocycles. The topological polar surface area (TPSA) is 144 Å². The second-order valence-corrected chi connectivity index (χ2v) is 11.3. The Bertz CT molecular complexity index is 1300. The van der Waals surface area contributed by atoms with E-state index in [1.54, 1.807) is 24.3 Å². The van der Waals surface area contributed by atoms with Crippen molar-refractivity contribution >= 4 is 44.6 Å². The number of carbonyl (C=O) groups excluding carboxylic acids is 2. The van der Waals surface area contributed by atoms with E-state index in [1.165, 1.54) is 22.7 Å². The van der Waals surface area contributed by atoms with Crippen LogP contribution in [0.2, 0.25) is 0 Å². The van der Waals surface area contributed by atoms with Crippen molar-refractivity contribution in [3.05, 3.63) is 44.7 Å². The SMILES string of the molecule is O=C([O-])C1CCN(c2ccc(-c3c([O-])[c+](-c4ccc(N5CCC(C(=O)[O-])CC5)s4)c(=O)c3=O)s2)CC1.[K+].[K+]. The first-order valence-corrected chi connectivity index (χ1v) is 13.4. The van der Waals surface area contributed by atoms with Gasteiger partial charge in [-0.05, 0) is 37.8 Å². The molecule has 0 saturated carbocycles. The van der Waals surface area contributed by atoms with Gasteiger partial charge in [0.25, 0.3) is 0 Å². The van der Waals surface area contributed by atoms with Crippen molar-refractivity contribution in [1.29, 1.82) is 0 Å². The minimum atomic E-state index is -1.04. The van der Waals surface area contributed by atoms with E-state index in [2.05, 4.69) is 0 Å². The second kappa shape index (κ2) is 13.8. The molecule has 3 aromatic rings. The summed E-state index contributed by atoms with van der Waals surface area (Å²) in [6.45, 7) is 2.13.